The number of halogens is 6. The summed E-state index contributed by atoms with van der Waals surface area (Å²) in [5, 5.41) is 5.98. The van der Waals surface area contributed by atoms with E-state index >= 15 is 0 Å². The van der Waals surface area contributed by atoms with E-state index in [4.69, 9.17) is 23.2 Å². The molecule has 24 heavy (non-hydrogen) atoms. The Morgan fingerprint density at radius 1 is 1.12 bits per heavy atom. The highest BCUT2D eigenvalue weighted by atomic mass is 35.5. The van der Waals surface area contributed by atoms with Crippen LogP contribution in [-0.2, 0) is 19.3 Å². The van der Waals surface area contributed by atoms with E-state index in [0.29, 0.717) is 0 Å². The first-order chi connectivity index (χ1) is 11.2. The Morgan fingerprint density at radius 3 is 2.50 bits per heavy atom. The molecule has 1 amide bonds. The van der Waals surface area contributed by atoms with E-state index in [2.05, 4.69) is 10.2 Å². The van der Waals surface area contributed by atoms with Crippen molar-refractivity contribution in [2.45, 2.75) is 19.3 Å². The highest BCUT2D eigenvalue weighted by molar-refractivity contribution is 6.43. The van der Waals surface area contributed by atoms with Crippen LogP contribution in [0.2, 0.25) is 10.0 Å². The molecular weight excluding hydrogens is 375 g/mol. The van der Waals surface area contributed by atoms with Crippen LogP contribution >= 0.6 is 23.2 Å². The lowest BCUT2D eigenvalue weighted by atomic mass is 10.1. The van der Waals surface area contributed by atoms with Crippen molar-refractivity contribution in [1.29, 1.82) is 0 Å². The predicted octanol–water partition coefficient (Wildman–Crippen LogP) is 3.40. The molecule has 128 valence electrons. The fourth-order valence-corrected chi connectivity index (χ4v) is 2.80. The Hall–Kier alpha value is -1.87. The molecule has 0 saturated heterocycles. The van der Waals surface area contributed by atoms with Crippen LogP contribution in [0, 0.1) is 5.82 Å². The molecular formula is C13H8Cl2F4N4O. The van der Waals surface area contributed by atoms with Gasteiger partial charge in [-0.2, -0.15) is 13.2 Å². The van der Waals surface area contributed by atoms with E-state index in [-0.39, 0.29) is 41.1 Å². The largest absolute Gasteiger partial charge is 0.451 e. The van der Waals surface area contributed by atoms with Gasteiger partial charge < -0.3 is 9.47 Å². The van der Waals surface area contributed by atoms with Crippen molar-refractivity contribution in [1.82, 2.24) is 19.7 Å². The molecule has 2 aromatic rings. The van der Waals surface area contributed by atoms with Gasteiger partial charge in [-0.1, -0.05) is 23.2 Å². The van der Waals surface area contributed by atoms with Gasteiger partial charge in [0.2, 0.25) is 5.82 Å². The smallest absolute Gasteiger partial charge is 0.329 e. The van der Waals surface area contributed by atoms with Gasteiger partial charge in [-0.3, -0.25) is 4.79 Å². The lowest BCUT2D eigenvalue weighted by Gasteiger charge is -2.28. The van der Waals surface area contributed by atoms with Crippen molar-refractivity contribution < 1.29 is 22.4 Å². The first kappa shape index (κ1) is 17.0. The average Bonchev–Trinajstić information content (AvgIpc) is 2.95. The molecule has 11 heteroatoms. The molecule has 1 aromatic carbocycles. The SMILES string of the molecule is O=C(c1ccc(F)c(Cl)c1Cl)N1CCn2c(nnc2C(F)(F)F)C1. The number of carbonyl (C=O) groups excluding carboxylic acids is 1. The van der Waals surface area contributed by atoms with Gasteiger partial charge in [0.1, 0.15) is 5.82 Å². The Balaban J connectivity index is 1.87. The fourth-order valence-electron chi connectivity index (χ4n) is 2.40. The summed E-state index contributed by atoms with van der Waals surface area (Å²) >= 11 is 11.5. The molecule has 2 heterocycles. The van der Waals surface area contributed by atoms with Gasteiger partial charge in [0, 0.05) is 13.1 Å². The zero-order chi connectivity index (χ0) is 17.6. The molecule has 5 nitrogen and oxygen atoms in total. The van der Waals surface area contributed by atoms with E-state index in [9.17, 15) is 22.4 Å². The third kappa shape index (κ3) is 2.82. The molecule has 1 aliphatic heterocycles. The summed E-state index contributed by atoms with van der Waals surface area (Å²) in [6.07, 6.45) is -4.62. The van der Waals surface area contributed by atoms with Crippen molar-refractivity contribution in [2.75, 3.05) is 6.54 Å². The summed E-state index contributed by atoms with van der Waals surface area (Å²) in [5.41, 5.74) is -0.0351. The van der Waals surface area contributed by atoms with Gasteiger partial charge in [-0.05, 0) is 12.1 Å². The minimum absolute atomic E-state index is 0.00171. The number of fused-ring (bicyclic) bond motifs is 1. The number of amides is 1. The van der Waals surface area contributed by atoms with E-state index in [1.54, 1.807) is 0 Å². The second-order valence-electron chi connectivity index (χ2n) is 5.04. The minimum Gasteiger partial charge on any atom is -0.329 e. The standard InChI is InChI=1S/C13H8Cl2F4N4O/c14-9-6(1-2-7(16)10(9)15)11(24)22-3-4-23-8(5-22)20-21-12(23)13(17,18)19/h1-2H,3-5H2. The third-order valence-electron chi connectivity index (χ3n) is 3.56. The number of hydrogen-bond donors (Lipinski definition) is 0. The van der Waals surface area contributed by atoms with Crippen LogP contribution in [0.4, 0.5) is 17.6 Å². The molecule has 0 atom stereocenters. The van der Waals surface area contributed by atoms with Gasteiger partial charge in [-0.25, -0.2) is 4.39 Å². The third-order valence-corrected chi connectivity index (χ3v) is 4.42. The van der Waals surface area contributed by atoms with E-state index in [0.717, 1.165) is 10.6 Å². The van der Waals surface area contributed by atoms with E-state index < -0.39 is 23.7 Å². The number of benzene rings is 1. The fraction of sp³-hybridized carbons (Fsp3) is 0.308. The van der Waals surface area contributed by atoms with Crippen LogP contribution < -0.4 is 0 Å². The number of rotatable bonds is 1. The van der Waals surface area contributed by atoms with Gasteiger partial charge >= 0.3 is 6.18 Å². The molecule has 0 saturated carbocycles. The Bertz CT molecular complexity index is 821. The van der Waals surface area contributed by atoms with Crippen LogP contribution in [-0.4, -0.2) is 32.1 Å². The van der Waals surface area contributed by atoms with E-state index in [1.165, 1.54) is 11.0 Å². The van der Waals surface area contributed by atoms with Crippen molar-refractivity contribution >= 4 is 29.1 Å². The second kappa shape index (κ2) is 5.89. The number of carbonyl (C=O) groups is 1. The lowest BCUT2D eigenvalue weighted by Crippen LogP contribution is -2.39. The van der Waals surface area contributed by atoms with Crippen molar-refractivity contribution in [3.8, 4) is 0 Å². The summed E-state index contributed by atoms with van der Waals surface area (Å²) in [5.74, 6) is -2.45. The molecule has 3 rings (SSSR count). The maximum Gasteiger partial charge on any atom is 0.451 e. The molecule has 1 aromatic heterocycles. The number of alkyl halides is 3. The quantitative estimate of drug-likeness (QED) is 0.561. The maximum atomic E-state index is 13.3. The molecule has 0 aliphatic carbocycles. The maximum absolute atomic E-state index is 13.3. The normalized spacial score (nSPS) is 14.7. The van der Waals surface area contributed by atoms with Crippen molar-refractivity contribution in [3.63, 3.8) is 0 Å². The first-order valence-corrected chi connectivity index (χ1v) is 7.37. The Labute approximate surface area is 142 Å². The van der Waals surface area contributed by atoms with Crippen LogP contribution in [0.3, 0.4) is 0 Å². The van der Waals surface area contributed by atoms with Crippen LogP contribution in [0.5, 0.6) is 0 Å². The van der Waals surface area contributed by atoms with Crippen LogP contribution in [0.1, 0.15) is 22.0 Å². The van der Waals surface area contributed by atoms with Crippen LogP contribution in [0.15, 0.2) is 12.1 Å². The molecule has 0 bridgehead atoms. The lowest BCUT2D eigenvalue weighted by molar-refractivity contribution is -0.147. The monoisotopic (exact) mass is 382 g/mol. The van der Waals surface area contributed by atoms with Gasteiger partial charge in [-0.15, -0.1) is 10.2 Å². The molecule has 0 N–H and O–H groups in total. The molecule has 0 radical (unpaired) electrons. The van der Waals surface area contributed by atoms with Gasteiger partial charge in [0.05, 0.1) is 22.2 Å². The molecule has 1 aliphatic rings. The highest BCUT2D eigenvalue weighted by Crippen LogP contribution is 2.32. The molecule has 0 spiro atoms. The van der Waals surface area contributed by atoms with Gasteiger partial charge in [0.15, 0.2) is 5.82 Å². The van der Waals surface area contributed by atoms with Gasteiger partial charge in [0.25, 0.3) is 5.91 Å². The Kier molecular flexibility index (Phi) is 4.16. The average molecular weight is 383 g/mol. The van der Waals surface area contributed by atoms with Crippen molar-refractivity contribution in [2.24, 2.45) is 0 Å². The summed E-state index contributed by atoms with van der Waals surface area (Å²) in [6.45, 7) is -0.291. The minimum atomic E-state index is -4.62. The summed E-state index contributed by atoms with van der Waals surface area (Å²) in [7, 11) is 0. The summed E-state index contributed by atoms with van der Waals surface area (Å²) < 4.78 is 52.6. The summed E-state index contributed by atoms with van der Waals surface area (Å²) in [6, 6.07) is 2.17. The van der Waals surface area contributed by atoms with Crippen LogP contribution in [0.25, 0.3) is 0 Å². The Morgan fingerprint density at radius 2 is 1.83 bits per heavy atom. The number of hydrogen-bond acceptors (Lipinski definition) is 3. The zero-order valence-corrected chi connectivity index (χ0v) is 13.3. The topological polar surface area (TPSA) is 51.0 Å². The summed E-state index contributed by atoms with van der Waals surface area (Å²) in [4.78, 5) is 13.7. The zero-order valence-electron chi connectivity index (χ0n) is 11.7. The second-order valence-corrected chi connectivity index (χ2v) is 5.79. The van der Waals surface area contributed by atoms with Crippen molar-refractivity contribution in [3.05, 3.63) is 45.2 Å². The predicted molar refractivity (Wildman–Crippen MR) is 76.2 cm³/mol. The highest BCUT2D eigenvalue weighted by Gasteiger charge is 2.40. The van der Waals surface area contributed by atoms with E-state index in [1.807, 2.05) is 0 Å². The molecule has 0 fully saturated rings. The number of aromatic nitrogens is 3. The number of nitrogens with zero attached hydrogens (tertiary/aromatic N) is 4. The first-order valence-electron chi connectivity index (χ1n) is 6.62. The molecule has 0 unspecified atom stereocenters.